The predicted molar refractivity (Wildman–Crippen MR) is 164 cm³/mol. The fourth-order valence-corrected chi connectivity index (χ4v) is 6.86. The molecule has 0 amide bonds. The van der Waals surface area contributed by atoms with Gasteiger partial charge >= 0.3 is 0 Å². The zero-order valence-electron chi connectivity index (χ0n) is 24.8. The molecule has 0 radical (unpaired) electrons. The fraction of sp³-hybridized carbons (Fsp3) is 0.500. The van der Waals surface area contributed by atoms with E-state index in [4.69, 9.17) is 9.84 Å². The summed E-state index contributed by atoms with van der Waals surface area (Å²) in [5, 5.41) is 13.8. The number of likely N-dealkylation sites (N-methyl/N-ethyl adjacent to an activating group) is 1. The van der Waals surface area contributed by atoms with Gasteiger partial charge in [-0.05, 0) is 51.1 Å². The van der Waals surface area contributed by atoms with Crippen LogP contribution in [0.5, 0.6) is 5.88 Å². The zero-order chi connectivity index (χ0) is 28.8. The normalized spacial score (nSPS) is 22.7. The van der Waals surface area contributed by atoms with Crippen molar-refractivity contribution in [3.8, 4) is 17.1 Å². The summed E-state index contributed by atoms with van der Waals surface area (Å²) in [4.78, 5) is 21.5. The molecule has 0 spiro atoms. The number of aryl methyl sites for hydroxylation is 1. The first-order valence-electron chi connectivity index (χ1n) is 15.2. The molecule has 0 unspecified atom stereocenters. The van der Waals surface area contributed by atoms with E-state index in [0.717, 1.165) is 79.8 Å². The van der Waals surface area contributed by atoms with Crippen LogP contribution < -0.4 is 15.6 Å². The SMILES string of the molecule is CNc1cc2c(cn1)c(-c1ccc(C3(N4CCN(C)CC4)CC3)cc1)nn2C1CCC(Oc2ccc(=O)n(C)n2)CC1. The van der Waals surface area contributed by atoms with E-state index in [-0.39, 0.29) is 23.2 Å². The monoisotopic (exact) mass is 568 g/mol. The van der Waals surface area contributed by atoms with Crippen molar-refractivity contribution < 1.29 is 4.74 Å². The standard InChI is InChI=1S/C32H40N8O2/c1-33-28-20-27-26(21-34-28)31(22-4-6-23(7-5-22)32(14-15-32)39-18-16-37(2)17-19-39)36-40(27)24-8-10-25(11-9-24)42-29-12-13-30(41)38(3)35-29/h4-7,12-13,20-21,24-25H,8-11,14-19H2,1-3H3,(H,33,34). The number of hydrogen-bond donors (Lipinski definition) is 1. The van der Waals surface area contributed by atoms with Gasteiger partial charge in [-0.2, -0.15) is 5.10 Å². The highest BCUT2D eigenvalue weighted by atomic mass is 16.5. The quantitative estimate of drug-likeness (QED) is 0.357. The Morgan fingerprint density at radius 3 is 2.33 bits per heavy atom. The predicted octanol–water partition coefficient (Wildman–Crippen LogP) is 4.03. The van der Waals surface area contributed by atoms with Gasteiger partial charge in [-0.3, -0.25) is 14.4 Å². The van der Waals surface area contributed by atoms with Crippen LogP contribution in [0.25, 0.3) is 22.2 Å². The van der Waals surface area contributed by atoms with E-state index in [1.54, 1.807) is 13.1 Å². The summed E-state index contributed by atoms with van der Waals surface area (Å²) in [5.74, 6) is 1.34. The van der Waals surface area contributed by atoms with Gasteiger partial charge in [0, 0.05) is 81.2 Å². The number of benzene rings is 1. The number of rotatable bonds is 7. The number of nitrogens with one attached hydrogen (secondary N) is 1. The highest BCUT2D eigenvalue weighted by Gasteiger charge is 2.49. The second-order valence-electron chi connectivity index (χ2n) is 12.2. The molecule has 3 aromatic heterocycles. The number of fused-ring (bicyclic) bond motifs is 1. The van der Waals surface area contributed by atoms with Crippen molar-refractivity contribution in [2.75, 3.05) is 45.6 Å². The first-order valence-corrected chi connectivity index (χ1v) is 15.2. The number of nitrogens with zero attached hydrogens (tertiary/aromatic N) is 7. The molecule has 220 valence electrons. The molecule has 10 nitrogen and oxygen atoms in total. The third-order valence-corrected chi connectivity index (χ3v) is 9.59. The Balaban J connectivity index is 1.12. The van der Waals surface area contributed by atoms with Gasteiger partial charge in [-0.15, -0.1) is 5.10 Å². The minimum Gasteiger partial charge on any atom is -0.473 e. The molecular formula is C32H40N8O2. The van der Waals surface area contributed by atoms with Crippen molar-refractivity contribution in [2.24, 2.45) is 7.05 Å². The average Bonchev–Trinajstić information content (AvgIpc) is 3.74. The van der Waals surface area contributed by atoms with Crippen LogP contribution in [-0.4, -0.2) is 80.7 Å². The van der Waals surface area contributed by atoms with E-state index < -0.39 is 0 Å². The maximum absolute atomic E-state index is 11.7. The summed E-state index contributed by atoms with van der Waals surface area (Å²) in [6.07, 6.45) is 8.24. The van der Waals surface area contributed by atoms with Crippen LogP contribution in [0.1, 0.15) is 50.1 Å². The number of pyridine rings is 1. The van der Waals surface area contributed by atoms with Crippen LogP contribution in [0, 0.1) is 0 Å². The van der Waals surface area contributed by atoms with Gasteiger partial charge in [-0.1, -0.05) is 24.3 Å². The summed E-state index contributed by atoms with van der Waals surface area (Å²) < 4.78 is 9.67. The number of aromatic nitrogens is 5. The van der Waals surface area contributed by atoms with Crippen molar-refractivity contribution in [3.05, 3.63) is 64.6 Å². The average molecular weight is 569 g/mol. The van der Waals surface area contributed by atoms with Gasteiger partial charge in [0.25, 0.3) is 5.56 Å². The zero-order valence-corrected chi connectivity index (χ0v) is 24.8. The Bertz CT molecular complexity index is 1620. The Morgan fingerprint density at radius 1 is 0.929 bits per heavy atom. The van der Waals surface area contributed by atoms with Gasteiger partial charge in [-0.25, -0.2) is 9.67 Å². The maximum Gasteiger partial charge on any atom is 0.266 e. The topological polar surface area (TPSA) is 93.3 Å². The molecule has 1 aromatic carbocycles. The van der Waals surface area contributed by atoms with Crippen molar-refractivity contribution in [2.45, 2.75) is 56.2 Å². The van der Waals surface area contributed by atoms with Crippen LogP contribution in [0.2, 0.25) is 0 Å². The number of anilines is 1. The van der Waals surface area contributed by atoms with Gasteiger partial charge in [0.2, 0.25) is 5.88 Å². The lowest BCUT2D eigenvalue weighted by atomic mass is 9.93. The second-order valence-corrected chi connectivity index (χ2v) is 12.2. The Kier molecular flexibility index (Phi) is 6.98. The van der Waals surface area contributed by atoms with Crippen molar-refractivity contribution in [3.63, 3.8) is 0 Å². The first kappa shape index (κ1) is 27.1. The molecule has 1 saturated heterocycles. The Hall–Kier alpha value is -3.76. The van der Waals surface area contributed by atoms with Crippen molar-refractivity contribution >= 4 is 16.7 Å². The lowest BCUT2D eigenvalue weighted by molar-refractivity contribution is 0.0976. The molecule has 42 heavy (non-hydrogen) atoms. The van der Waals surface area contributed by atoms with Crippen molar-refractivity contribution in [1.29, 1.82) is 0 Å². The molecule has 3 aliphatic rings. The third-order valence-electron chi connectivity index (χ3n) is 9.59. The summed E-state index contributed by atoms with van der Waals surface area (Å²) in [6.45, 7) is 4.56. The van der Waals surface area contributed by atoms with Crippen molar-refractivity contribution in [1.82, 2.24) is 34.3 Å². The smallest absolute Gasteiger partial charge is 0.266 e. The molecule has 2 aliphatic carbocycles. The van der Waals surface area contributed by atoms with Gasteiger partial charge < -0.3 is 15.0 Å². The van der Waals surface area contributed by atoms with Crippen LogP contribution in [0.4, 0.5) is 5.82 Å². The largest absolute Gasteiger partial charge is 0.473 e. The number of ether oxygens (including phenoxy) is 1. The van der Waals surface area contributed by atoms with Gasteiger partial charge in [0.1, 0.15) is 17.6 Å². The summed E-state index contributed by atoms with van der Waals surface area (Å²) in [6, 6.07) is 14.7. The number of hydrogen-bond acceptors (Lipinski definition) is 8. The second kappa shape index (κ2) is 10.8. The molecule has 0 bridgehead atoms. The van der Waals surface area contributed by atoms with E-state index in [2.05, 4.69) is 67.3 Å². The van der Waals surface area contributed by atoms with Crippen LogP contribution in [-0.2, 0) is 12.6 Å². The van der Waals surface area contributed by atoms with Crippen LogP contribution in [0.3, 0.4) is 0 Å². The summed E-state index contributed by atoms with van der Waals surface area (Å²) in [5.41, 5.74) is 4.74. The number of piperazine rings is 1. The van der Waals surface area contributed by atoms with Crippen LogP contribution in [0.15, 0.2) is 53.5 Å². The van der Waals surface area contributed by atoms with E-state index >= 15 is 0 Å². The maximum atomic E-state index is 11.7. The molecule has 3 fully saturated rings. The Morgan fingerprint density at radius 2 is 1.67 bits per heavy atom. The molecule has 1 aliphatic heterocycles. The first-order chi connectivity index (χ1) is 20.4. The minimum absolute atomic E-state index is 0.0738. The van der Waals surface area contributed by atoms with Gasteiger partial charge in [0.05, 0.1) is 11.6 Å². The Labute approximate surface area is 246 Å². The highest BCUT2D eigenvalue weighted by molar-refractivity contribution is 5.94. The molecule has 4 aromatic rings. The van der Waals surface area contributed by atoms with Gasteiger partial charge in [0.15, 0.2) is 0 Å². The minimum atomic E-state index is -0.139. The molecule has 7 rings (SSSR count). The van der Waals surface area contributed by atoms with E-state index in [1.807, 2.05) is 13.2 Å². The lowest BCUT2D eigenvalue weighted by Gasteiger charge is -2.38. The molecule has 1 N–H and O–H groups in total. The van der Waals surface area contributed by atoms with E-state index in [1.165, 1.54) is 29.2 Å². The third kappa shape index (κ3) is 4.96. The molecule has 4 heterocycles. The molecular weight excluding hydrogens is 528 g/mol. The summed E-state index contributed by atoms with van der Waals surface area (Å²) >= 11 is 0. The molecule has 2 saturated carbocycles. The molecule has 0 atom stereocenters. The highest BCUT2D eigenvalue weighted by Crippen LogP contribution is 2.51. The lowest BCUT2D eigenvalue weighted by Crippen LogP contribution is -2.49. The van der Waals surface area contributed by atoms with E-state index in [9.17, 15) is 4.79 Å². The summed E-state index contributed by atoms with van der Waals surface area (Å²) in [7, 11) is 5.76. The molecule has 10 heteroatoms. The fourth-order valence-electron chi connectivity index (χ4n) is 6.86. The van der Waals surface area contributed by atoms with E-state index in [0.29, 0.717) is 5.88 Å². The van der Waals surface area contributed by atoms with Crippen LogP contribution >= 0.6 is 0 Å².